The molecular weight excluding hydrogens is 212 g/mol. The summed E-state index contributed by atoms with van der Waals surface area (Å²) in [6.07, 6.45) is 1.85. The molecule has 7 heteroatoms. The van der Waals surface area contributed by atoms with Crippen LogP contribution in [0.4, 0.5) is 0 Å². The topological polar surface area (TPSA) is 103 Å². The summed E-state index contributed by atoms with van der Waals surface area (Å²) in [4.78, 5) is 15.5. The van der Waals surface area contributed by atoms with Crippen LogP contribution in [0, 0.1) is 5.92 Å². The van der Waals surface area contributed by atoms with E-state index >= 15 is 0 Å². The van der Waals surface area contributed by atoms with Gasteiger partial charge in [-0.05, 0) is 0 Å². The van der Waals surface area contributed by atoms with Gasteiger partial charge in [0.2, 0.25) is 11.8 Å². The minimum Gasteiger partial charge on any atom is -0.379 e. The number of aromatic nitrogens is 2. The zero-order valence-electron chi connectivity index (χ0n) is 8.76. The highest BCUT2D eigenvalue weighted by atomic mass is 16.5. The second-order valence-corrected chi connectivity index (χ2v) is 3.68. The molecule has 1 aliphatic heterocycles. The van der Waals surface area contributed by atoms with Crippen molar-refractivity contribution in [2.24, 2.45) is 11.7 Å². The molecule has 0 saturated carbocycles. The molecule has 0 aromatic carbocycles. The Bertz CT molecular complexity index is 341. The highest BCUT2D eigenvalue weighted by molar-refractivity contribution is 5.79. The average molecular weight is 226 g/mol. The van der Waals surface area contributed by atoms with Crippen LogP contribution in [0.15, 0.2) is 10.9 Å². The summed E-state index contributed by atoms with van der Waals surface area (Å²) in [7, 11) is 0. The largest absolute Gasteiger partial charge is 0.379 e. The van der Waals surface area contributed by atoms with Gasteiger partial charge in [-0.15, -0.1) is 0 Å². The third kappa shape index (κ3) is 2.56. The van der Waals surface area contributed by atoms with Crippen molar-refractivity contribution in [3.8, 4) is 0 Å². The van der Waals surface area contributed by atoms with Crippen LogP contribution in [-0.4, -0.2) is 41.8 Å². The van der Waals surface area contributed by atoms with Crippen LogP contribution in [0.3, 0.4) is 0 Å². The Morgan fingerprint density at radius 1 is 1.62 bits per heavy atom. The molecule has 2 unspecified atom stereocenters. The number of hydrogen-bond acceptors (Lipinski definition) is 6. The Morgan fingerprint density at radius 2 is 2.50 bits per heavy atom. The first kappa shape index (κ1) is 11.0. The van der Waals surface area contributed by atoms with Crippen molar-refractivity contribution in [1.82, 2.24) is 15.5 Å². The maximum absolute atomic E-state index is 11.6. The Labute approximate surface area is 92.3 Å². The van der Waals surface area contributed by atoms with E-state index in [4.69, 9.17) is 15.0 Å². The summed E-state index contributed by atoms with van der Waals surface area (Å²) < 4.78 is 9.92. The van der Waals surface area contributed by atoms with Crippen LogP contribution in [0.5, 0.6) is 0 Å². The molecule has 0 bridgehead atoms. The molecular formula is C9H14N4O3. The smallest absolute Gasteiger partial charge is 0.228 e. The number of carbonyl (C=O) groups is 1. The SMILES string of the molecule is NC1COCC1C(=O)NCCc1ncno1. The van der Waals surface area contributed by atoms with Gasteiger partial charge in [0.15, 0.2) is 6.33 Å². The van der Waals surface area contributed by atoms with E-state index in [1.807, 2.05) is 0 Å². The van der Waals surface area contributed by atoms with E-state index in [9.17, 15) is 4.79 Å². The maximum atomic E-state index is 11.6. The zero-order valence-corrected chi connectivity index (χ0v) is 8.76. The summed E-state index contributed by atoms with van der Waals surface area (Å²) in [6, 6.07) is -0.205. The van der Waals surface area contributed by atoms with Crippen LogP contribution in [-0.2, 0) is 16.0 Å². The van der Waals surface area contributed by atoms with Crippen LogP contribution < -0.4 is 11.1 Å². The fourth-order valence-electron chi connectivity index (χ4n) is 1.57. The molecule has 0 radical (unpaired) electrons. The van der Waals surface area contributed by atoms with Crippen LogP contribution in [0.25, 0.3) is 0 Å². The van der Waals surface area contributed by atoms with Gasteiger partial charge < -0.3 is 20.3 Å². The Balaban J connectivity index is 1.71. The zero-order chi connectivity index (χ0) is 11.4. The number of hydrogen-bond donors (Lipinski definition) is 2. The van der Waals surface area contributed by atoms with E-state index in [1.54, 1.807) is 0 Å². The maximum Gasteiger partial charge on any atom is 0.228 e. The molecule has 1 saturated heterocycles. The molecule has 2 rings (SSSR count). The lowest BCUT2D eigenvalue weighted by atomic mass is 10.0. The molecule has 1 amide bonds. The lowest BCUT2D eigenvalue weighted by Crippen LogP contribution is -2.41. The van der Waals surface area contributed by atoms with Gasteiger partial charge in [0.05, 0.1) is 19.1 Å². The lowest BCUT2D eigenvalue weighted by molar-refractivity contribution is -0.125. The molecule has 2 atom stereocenters. The number of amides is 1. The molecule has 16 heavy (non-hydrogen) atoms. The number of ether oxygens (including phenoxy) is 1. The number of nitrogens with one attached hydrogen (secondary N) is 1. The van der Waals surface area contributed by atoms with Gasteiger partial charge in [-0.2, -0.15) is 4.98 Å². The first-order valence-corrected chi connectivity index (χ1v) is 5.14. The van der Waals surface area contributed by atoms with Gasteiger partial charge >= 0.3 is 0 Å². The predicted molar refractivity (Wildman–Crippen MR) is 53.3 cm³/mol. The fraction of sp³-hybridized carbons (Fsp3) is 0.667. The number of nitrogens with two attached hydrogens (primary N) is 1. The fourth-order valence-corrected chi connectivity index (χ4v) is 1.57. The molecule has 88 valence electrons. The quantitative estimate of drug-likeness (QED) is 0.661. The first-order valence-electron chi connectivity index (χ1n) is 5.14. The molecule has 1 aliphatic rings. The van der Waals surface area contributed by atoms with Crippen molar-refractivity contribution in [3.05, 3.63) is 12.2 Å². The monoisotopic (exact) mass is 226 g/mol. The van der Waals surface area contributed by atoms with Crippen molar-refractivity contribution >= 4 is 5.91 Å². The highest BCUT2D eigenvalue weighted by Gasteiger charge is 2.30. The predicted octanol–water partition coefficient (Wildman–Crippen LogP) is -1.30. The van der Waals surface area contributed by atoms with E-state index in [0.29, 0.717) is 32.1 Å². The second-order valence-electron chi connectivity index (χ2n) is 3.68. The van der Waals surface area contributed by atoms with Gasteiger partial charge in [0.1, 0.15) is 0 Å². The van der Waals surface area contributed by atoms with Crippen molar-refractivity contribution < 1.29 is 14.1 Å². The molecule has 3 N–H and O–H groups in total. The summed E-state index contributed by atoms with van der Waals surface area (Å²) in [6.45, 7) is 1.31. The van der Waals surface area contributed by atoms with E-state index in [0.717, 1.165) is 0 Å². The molecule has 1 aromatic rings. The number of nitrogens with zero attached hydrogens (tertiary/aromatic N) is 2. The van der Waals surface area contributed by atoms with Gasteiger partial charge in [-0.3, -0.25) is 4.79 Å². The summed E-state index contributed by atoms with van der Waals surface area (Å²) in [5, 5.41) is 6.24. The normalized spacial score (nSPS) is 24.6. The van der Waals surface area contributed by atoms with E-state index in [2.05, 4.69) is 15.5 Å². The molecule has 1 fully saturated rings. The van der Waals surface area contributed by atoms with Crippen LogP contribution >= 0.6 is 0 Å². The van der Waals surface area contributed by atoms with Crippen molar-refractivity contribution in [2.75, 3.05) is 19.8 Å². The van der Waals surface area contributed by atoms with Crippen molar-refractivity contribution in [2.45, 2.75) is 12.5 Å². The van der Waals surface area contributed by atoms with E-state index in [1.165, 1.54) is 6.33 Å². The highest BCUT2D eigenvalue weighted by Crippen LogP contribution is 2.11. The van der Waals surface area contributed by atoms with Crippen molar-refractivity contribution in [3.63, 3.8) is 0 Å². The Hall–Kier alpha value is -1.47. The van der Waals surface area contributed by atoms with E-state index < -0.39 is 0 Å². The minimum absolute atomic E-state index is 0.0792. The van der Waals surface area contributed by atoms with E-state index in [-0.39, 0.29) is 17.9 Å². The molecule has 2 heterocycles. The second kappa shape index (κ2) is 5.04. The van der Waals surface area contributed by atoms with Gasteiger partial charge in [0, 0.05) is 19.0 Å². The molecule has 0 spiro atoms. The van der Waals surface area contributed by atoms with Crippen LogP contribution in [0.1, 0.15) is 5.89 Å². The van der Waals surface area contributed by atoms with Crippen LogP contribution in [0.2, 0.25) is 0 Å². The molecule has 1 aromatic heterocycles. The van der Waals surface area contributed by atoms with Gasteiger partial charge in [0.25, 0.3) is 0 Å². The number of carbonyl (C=O) groups excluding carboxylic acids is 1. The van der Waals surface area contributed by atoms with Gasteiger partial charge in [-0.1, -0.05) is 5.16 Å². The first-order chi connectivity index (χ1) is 7.77. The Kier molecular flexibility index (Phi) is 3.47. The lowest BCUT2D eigenvalue weighted by Gasteiger charge is -2.12. The minimum atomic E-state index is -0.248. The summed E-state index contributed by atoms with van der Waals surface area (Å²) in [5.74, 6) is 0.180. The summed E-state index contributed by atoms with van der Waals surface area (Å²) >= 11 is 0. The molecule has 7 nitrogen and oxygen atoms in total. The van der Waals surface area contributed by atoms with Gasteiger partial charge in [-0.25, -0.2) is 0 Å². The third-order valence-electron chi connectivity index (χ3n) is 2.51. The Morgan fingerprint density at radius 3 is 3.12 bits per heavy atom. The standard InChI is InChI=1S/C9H14N4O3/c10-7-4-15-3-6(7)9(14)11-2-1-8-12-5-13-16-8/h5-7H,1-4,10H2,(H,11,14). The average Bonchev–Trinajstić information content (AvgIpc) is 2.88. The summed E-state index contributed by atoms with van der Waals surface area (Å²) in [5.41, 5.74) is 5.72. The van der Waals surface area contributed by atoms with Crippen molar-refractivity contribution in [1.29, 1.82) is 0 Å². The number of rotatable bonds is 4. The third-order valence-corrected chi connectivity index (χ3v) is 2.51. The molecule has 0 aliphatic carbocycles.